The van der Waals surface area contributed by atoms with Crippen LogP contribution in [0.1, 0.15) is 10.4 Å². The van der Waals surface area contributed by atoms with Gasteiger partial charge in [-0.25, -0.2) is 4.39 Å². The van der Waals surface area contributed by atoms with E-state index in [1.807, 2.05) is 60.1 Å². The third kappa shape index (κ3) is 4.26. The summed E-state index contributed by atoms with van der Waals surface area (Å²) in [6.07, 6.45) is 0. The molecule has 1 heterocycles. The Morgan fingerprint density at radius 3 is 1.88 bits per heavy atom. The van der Waals surface area contributed by atoms with Gasteiger partial charge in [0.2, 0.25) is 0 Å². The van der Waals surface area contributed by atoms with Crippen LogP contribution < -0.4 is 4.80 Å². The fourth-order valence-electron chi connectivity index (χ4n) is 3.90. The summed E-state index contributed by atoms with van der Waals surface area (Å²) in [6, 6.07) is 34.5. The molecule has 5 heteroatoms. The van der Waals surface area contributed by atoms with Crippen molar-refractivity contribution in [2.75, 3.05) is 0 Å². The third-order valence-corrected chi connectivity index (χ3v) is 6.81. The van der Waals surface area contributed by atoms with Gasteiger partial charge in [-0.1, -0.05) is 108 Å². The molecule has 5 aromatic rings. The van der Waals surface area contributed by atoms with Crippen molar-refractivity contribution < 1.29 is 9.18 Å². The normalized spacial score (nSPS) is 11.5. The minimum Gasteiger partial charge on any atom is -0.319 e. The number of aromatic nitrogens is 1. The van der Waals surface area contributed by atoms with Crippen LogP contribution in [0.5, 0.6) is 0 Å². The van der Waals surface area contributed by atoms with Crippen LogP contribution >= 0.6 is 11.3 Å². The zero-order valence-electron chi connectivity index (χ0n) is 18.5. The van der Waals surface area contributed by atoms with Crippen molar-refractivity contribution in [3.05, 3.63) is 125 Å². The maximum absolute atomic E-state index is 14.2. The van der Waals surface area contributed by atoms with Crippen molar-refractivity contribution in [1.82, 2.24) is 4.57 Å². The van der Waals surface area contributed by atoms with E-state index < -0.39 is 11.7 Å². The van der Waals surface area contributed by atoms with E-state index in [0.717, 1.165) is 32.8 Å². The van der Waals surface area contributed by atoms with Crippen molar-refractivity contribution in [3.63, 3.8) is 0 Å². The van der Waals surface area contributed by atoms with Crippen LogP contribution in [0.15, 0.2) is 114 Å². The van der Waals surface area contributed by atoms with Crippen LogP contribution in [-0.4, -0.2) is 10.5 Å². The maximum Gasteiger partial charge on any atom is 0.282 e. The third-order valence-electron chi connectivity index (χ3n) is 5.63. The molecule has 1 aromatic heterocycles. The highest BCUT2D eigenvalue weighted by atomic mass is 32.1. The van der Waals surface area contributed by atoms with Gasteiger partial charge in [-0.15, -0.1) is 0 Å². The van der Waals surface area contributed by atoms with Gasteiger partial charge in [0.25, 0.3) is 5.91 Å². The highest BCUT2D eigenvalue weighted by molar-refractivity contribution is 7.13. The van der Waals surface area contributed by atoms with Gasteiger partial charge in [-0.2, -0.15) is 4.99 Å². The van der Waals surface area contributed by atoms with E-state index in [1.165, 1.54) is 23.5 Å². The molecular formula is C29H21FN2OS. The summed E-state index contributed by atoms with van der Waals surface area (Å²) in [5, 5.41) is 0. The molecule has 0 saturated heterocycles. The Balaban J connectivity index is 1.64. The molecule has 3 nitrogen and oxygen atoms in total. The Morgan fingerprint density at radius 2 is 1.24 bits per heavy atom. The Labute approximate surface area is 201 Å². The number of carbonyl (C=O) groups is 1. The van der Waals surface area contributed by atoms with Gasteiger partial charge in [0, 0.05) is 7.05 Å². The predicted octanol–water partition coefficient (Wildman–Crippen LogP) is 6.97. The molecule has 0 atom stereocenters. The van der Waals surface area contributed by atoms with Gasteiger partial charge in [-0.05, 0) is 34.4 Å². The number of halogens is 1. The first-order valence-corrected chi connectivity index (χ1v) is 11.7. The molecule has 1 amide bonds. The topological polar surface area (TPSA) is 34.4 Å². The standard InChI is InChI=1S/C29H21FN2OS/c1-32-26(22-18-16-21(17-19-22)20-10-4-2-5-11-20)27(23-12-6-3-7-13-23)34-29(32)31-28(33)24-14-8-9-15-25(24)30/h2-19H,1H3. The first-order valence-electron chi connectivity index (χ1n) is 10.9. The average molecular weight is 465 g/mol. The summed E-state index contributed by atoms with van der Waals surface area (Å²) in [4.78, 5) is 18.6. The Hall–Kier alpha value is -4.09. The molecule has 166 valence electrons. The number of carbonyl (C=O) groups excluding carboxylic acids is 1. The van der Waals surface area contributed by atoms with Gasteiger partial charge < -0.3 is 4.57 Å². The molecule has 5 rings (SSSR count). The van der Waals surface area contributed by atoms with Crippen LogP contribution in [0.25, 0.3) is 32.8 Å². The lowest BCUT2D eigenvalue weighted by molar-refractivity contribution is 0.0994. The van der Waals surface area contributed by atoms with Crippen LogP contribution in [0.3, 0.4) is 0 Å². The number of amides is 1. The van der Waals surface area contributed by atoms with E-state index in [0.29, 0.717) is 4.80 Å². The Kier molecular flexibility index (Phi) is 6.02. The van der Waals surface area contributed by atoms with Gasteiger partial charge in [0.05, 0.1) is 16.1 Å². The van der Waals surface area contributed by atoms with Crippen molar-refractivity contribution >= 4 is 17.2 Å². The molecule has 0 unspecified atom stereocenters. The zero-order chi connectivity index (χ0) is 23.5. The molecule has 0 bridgehead atoms. The van der Waals surface area contributed by atoms with Gasteiger partial charge >= 0.3 is 0 Å². The highest BCUT2D eigenvalue weighted by Crippen LogP contribution is 2.35. The summed E-state index contributed by atoms with van der Waals surface area (Å²) in [5.74, 6) is -1.17. The fraction of sp³-hybridized carbons (Fsp3) is 0.0345. The maximum atomic E-state index is 14.2. The lowest BCUT2D eigenvalue weighted by atomic mass is 10.0. The summed E-state index contributed by atoms with van der Waals surface area (Å²) in [7, 11) is 1.89. The SMILES string of the molecule is Cn1c(-c2ccc(-c3ccccc3)cc2)c(-c2ccccc2)sc1=NC(=O)c1ccccc1F. The summed E-state index contributed by atoms with van der Waals surface area (Å²) in [5.41, 5.74) is 5.24. The Bertz CT molecular complexity index is 1520. The van der Waals surface area contributed by atoms with Crippen molar-refractivity contribution in [1.29, 1.82) is 0 Å². The van der Waals surface area contributed by atoms with Crippen LogP contribution in [0, 0.1) is 5.82 Å². The van der Waals surface area contributed by atoms with Crippen molar-refractivity contribution in [2.24, 2.45) is 12.0 Å². The lowest BCUT2D eigenvalue weighted by Crippen LogP contribution is -2.15. The van der Waals surface area contributed by atoms with Crippen molar-refractivity contribution in [3.8, 4) is 32.8 Å². The summed E-state index contributed by atoms with van der Waals surface area (Å²) in [6.45, 7) is 0. The lowest BCUT2D eigenvalue weighted by Gasteiger charge is -2.09. The number of benzene rings is 4. The van der Waals surface area contributed by atoms with Crippen LogP contribution in [0.4, 0.5) is 4.39 Å². The average Bonchev–Trinajstić information content (AvgIpc) is 3.21. The van der Waals surface area contributed by atoms with Crippen molar-refractivity contribution in [2.45, 2.75) is 0 Å². The number of hydrogen-bond donors (Lipinski definition) is 0. The minimum absolute atomic E-state index is 0.0362. The van der Waals surface area contributed by atoms with Gasteiger partial charge in [0.15, 0.2) is 4.80 Å². The fourth-order valence-corrected chi connectivity index (χ4v) is 5.04. The van der Waals surface area contributed by atoms with Crippen LogP contribution in [0.2, 0.25) is 0 Å². The molecule has 0 spiro atoms. The molecule has 4 aromatic carbocycles. The second-order valence-electron chi connectivity index (χ2n) is 7.83. The molecule has 0 N–H and O–H groups in total. The molecular weight excluding hydrogens is 443 g/mol. The number of rotatable bonds is 4. The Morgan fingerprint density at radius 1 is 0.706 bits per heavy atom. The molecule has 34 heavy (non-hydrogen) atoms. The largest absolute Gasteiger partial charge is 0.319 e. The van der Waals surface area contributed by atoms with E-state index >= 15 is 0 Å². The van der Waals surface area contributed by atoms with Crippen LogP contribution in [-0.2, 0) is 7.05 Å². The van der Waals surface area contributed by atoms with E-state index in [1.54, 1.807) is 12.1 Å². The number of nitrogens with zero attached hydrogens (tertiary/aromatic N) is 2. The van der Waals surface area contributed by atoms with E-state index in [2.05, 4.69) is 41.4 Å². The van der Waals surface area contributed by atoms with E-state index in [-0.39, 0.29) is 5.56 Å². The molecule has 0 aliphatic carbocycles. The smallest absolute Gasteiger partial charge is 0.282 e. The number of thiazole rings is 1. The highest BCUT2D eigenvalue weighted by Gasteiger charge is 2.17. The number of hydrogen-bond acceptors (Lipinski definition) is 2. The molecule has 0 saturated carbocycles. The second-order valence-corrected chi connectivity index (χ2v) is 8.81. The van der Waals surface area contributed by atoms with E-state index in [9.17, 15) is 9.18 Å². The monoisotopic (exact) mass is 464 g/mol. The zero-order valence-corrected chi connectivity index (χ0v) is 19.3. The second kappa shape index (κ2) is 9.41. The summed E-state index contributed by atoms with van der Waals surface area (Å²) >= 11 is 1.42. The molecule has 0 radical (unpaired) electrons. The van der Waals surface area contributed by atoms with E-state index in [4.69, 9.17) is 0 Å². The van der Waals surface area contributed by atoms with Gasteiger partial charge in [0.1, 0.15) is 5.82 Å². The molecule has 0 fully saturated rings. The minimum atomic E-state index is -0.597. The quantitative estimate of drug-likeness (QED) is 0.283. The summed E-state index contributed by atoms with van der Waals surface area (Å²) < 4.78 is 16.1. The predicted molar refractivity (Wildman–Crippen MR) is 136 cm³/mol. The molecule has 0 aliphatic heterocycles. The van der Waals surface area contributed by atoms with Gasteiger partial charge in [-0.3, -0.25) is 4.79 Å². The molecule has 0 aliphatic rings. The first-order chi connectivity index (χ1) is 16.6. The first kappa shape index (κ1) is 21.7.